The first-order valence-electron chi connectivity index (χ1n) is 4.08. The molecule has 0 spiro atoms. The number of aromatic nitrogens is 1. The fourth-order valence-corrected chi connectivity index (χ4v) is 0.984. The molecule has 1 aliphatic rings. The van der Waals surface area contributed by atoms with Crippen molar-refractivity contribution in [1.29, 1.82) is 0 Å². The van der Waals surface area contributed by atoms with Crippen LogP contribution in [0.3, 0.4) is 0 Å². The number of nitrogens with zero attached hydrogens (tertiary/aromatic N) is 1. The van der Waals surface area contributed by atoms with Crippen LogP contribution in [0.5, 0.6) is 0 Å². The first kappa shape index (κ1) is 7.28. The maximum Gasteiger partial charge on any atom is 0.270 e. The van der Waals surface area contributed by atoms with Crippen molar-refractivity contribution in [1.82, 2.24) is 10.3 Å². The minimum atomic E-state index is -0.0573. The Balaban J connectivity index is 2.03. The number of amides is 1. The van der Waals surface area contributed by atoms with Gasteiger partial charge in [-0.1, -0.05) is 6.07 Å². The molecule has 0 radical (unpaired) electrons. The van der Waals surface area contributed by atoms with E-state index < -0.39 is 0 Å². The number of rotatable bonds is 2. The quantitative estimate of drug-likeness (QED) is 0.704. The van der Waals surface area contributed by atoms with E-state index in [0.29, 0.717) is 11.7 Å². The molecule has 0 aromatic carbocycles. The van der Waals surface area contributed by atoms with E-state index in [-0.39, 0.29) is 5.91 Å². The van der Waals surface area contributed by atoms with Gasteiger partial charge < -0.3 is 5.32 Å². The molecule has 2 rings (SSSR count). The van der Waals surface area contributed by atoms with E-state index in [1.807, 2.05) is 6.07 Å². The molecule has 1 amide bonds. The Hall–Kier alpha value is -1.38. The highest BCUT2D eigenvalue weighted by Gasteiger charge is 2.23. The van der Waals surface area contributed by atoms with Crippen molar-refractivity contribution in [2.24, 2.45) is 0 Å². The number of hydrogen-bond acceptors (Lipinski definition) is 2. The molecule has 3 nitrogen and oxygen atoms in total. The molecule has 0 aliphatic heterocycles. The first-order chi connectivity index (χ1) is 5.86. The molecule has 0 bridgehead atoms. The maximum atomic E-state index is 11.3. The number of hydrogen-bond donors (Lipinski definition) is 1. The van der Waals surface area contributed by atoms with Gasteiger partial charge in [0.15, 0.2) is 0 Å². The molecule has 12 heavy (non-hydrogen) atoms. The second kappa shape index (κ2) is 2.93. The Morgan fingerprint density at radius 2 is 2.33 bits per heavy atom. The van der Waals surface area contributed by atoms with Gasteiger partial charge in [0, 0.05) is 12.2 Å². The minimum absolute atomic E-state index is 0.0573. The van der Waals surface area contributed by atoms with E-state index in [9.17, 15) is 4.79 Å². The topological polar surface area (TPSA) is 42.0 Å². The van der Waals surface area contributed by atoms with Gasteiger partial charge in [-0.25, -0.2) is 0 Å². The fourth-order valence-electron chi connectivity index (χ4n) is 0.984. The maximum absolute atomic E-state index is 11.3. The van der Waals surface area contributed by atoms with Crippen LogP contribution in [0.15, 0.2) is 24.4 Å². The average Bonchev–Trinajstić information content (AvgIpc) is 2.90. The molecule has 1 fully saturated rings. The van der Waals surface area contributed by atoms with Crippen LogP contribution in [0.2, 0.25) is 0 Å². The van der Waals surface area contributed by atoms with Crippen LogP contribution in [0, 0.1) is 0 Å². The standard InChI is InChI=1S/C9H10N2O/c12-9(11-7-4-5-7)8-3-1-2-6-10-8/h1-3,6-7H,4-5H2,(H,11,12). The summed E-state index contributed by atoms with van der Waals surface area (Å²) in [7, 11) is 0. The Kier molecular flexibility index (Phi) is 1.78. The first-order valence-corrected chi connectivity index (χ1v) is 4.08. The number of carbonyl (C=O) groups excluding carboxylic acids is 1. The normalized spacial score (nSPS) is 15.7. The molecule has 0 saturated heterocycles. The van der Waals surface area contributed by atoms with Crippen molar-refractivity contribution in [3.05, 3.63) is 30.1 Å². The van der Waals surface area contributed by atoms with Crippen molar-refractivity contribution in [3.63, 3.8) is 0 Å². The van der Waals surface area contributed by atoms with Crippen LogP contribution < -0.4 is 5.32 Å². The van der Waals surface area contributed by atoms with Crippen molar-refractivity contribution >= 4 is 5.91 Å². The fraction of sp³-hybridized carbons (Fsp3) is 0.333. The summed E-state index contributed by atoms with van der Waals surface area (Å²) in [5.74, 6) is -0.0573. The van der Waals surface area contributed by atoms with E-state index in [2.05, 4.69) is 10.3 Å². The van der Waals surface area contributed by atoms with E-state index in [0.717, 1.165) is 12.8 Å². The Morgan fingerprint density at radius 3 is 2.92 bits per heavy atom. The highest BCUT2D eigenvalue weighted by molar-refractivity contribution is 5.92. The van der Waals surface area contributed by atoms with Crippen LogP contribution in [0.1, 0.15) is 23.3 Å². The molecule has 62 valence electrons. The molecule has 0 atom stereocenters. The van der Waals surface area contributed by atoms with E-state index in [4.69, 9.17) is 0 Å². The SMILES string of the molecule is O=C(NC1CC1)c1ccccn1. The minimum Gasteiger partial charge on any atom is -0.348 e. The summed E-state index contributed by atoms with van der Waals surface area (Å²) in [6.45, 7) is 0. The Bertz CT molecular complexity index is 280. The van der Waals surface area contributed by atoms with Crippen LogP contribution in [0.25, 0.3) is 0 Å². The van der Waals surface area contributed by atoms with Gasteiger partial charge in [-0.3, -0.25) is 9.78 Å². The van der Waals surface area contributed by atoms with Crippen LogP contribution in [-0.2, 0) is 0 Å². The summed E-state index contributed by atoms with van der Waals surface area (Å²) >= 11 is 0. The van der Waals surface area contributed by atoms with Gasteiger partial charge in [0.25, 0.3) is 5.91 Å². The molecule has 1 aromatic rings. The zero-order chi connectivity index (χ0) is 8.39. The lowest BCUT2D eigenvalue weighted by Gasteiger charge is -2.00. The summed E-state index contributed by atoms with van der Waals surface area (Å²) < 4.78 is 0. The van der Waals surface area contributed by atoms with Gasteiger partial charge in [0.1, 0.15) is 5.69 Å². The number of pyridine rings is 1. The molecule has 3 heteroatoms. The average molecular weight is 162 g/mol. The van der Waals surface area contributed by atoms with Crippen molar-refractivity contribution < 1.29 is 4.79 Å². The van der Waals surface area contributed by atoms with Gasteiger partial charge in [0.05, 0.1) is 0 Å². The summed E-state index contributed by atoms with van der Waals surface area (Å²) in [6.07, 6.45) is 3.85. The van der Waals surface area contributed by atoms with E-state index in [1.165, 1.54) is 0 Å². The van der Waals surface area contributed by atoms with Crippen LogP contribution >= 0.6 is 0 Å². The summed E-state index contributed by atoms with van der Waals surface area (Å²) in [5.41, 5.74) is 0.504. The number of carbonyl (C=O) groups is 1. The third-order valence-electron chi connectivity index (χ3n) is 1.81. The second-order valence-corrected chi connectivity index (χ2v) is 2.96. The molecule has 1 aromatic heterocycles. The van der Waals surface area contributed by atoms with Gasteiger partial charge in [-0.15, -0.1) is 0 Å². The largest absolute Gasteiger partial charge is 0.348 e. The zero-order valence-electron chi connectivity index (χ0n) is 6.66. The lowest BCUT2D eigenvalue weighted by molar-refractivity contribution is 0.0946. The van der Waals surface area contributed by atoms with Gasteiger partial charge in [-0.05, 0) is 25.0 Å². The number of nitrogens with one attached hydrogen (secondary N) is 1. The van der Waals surface area contributed by atoms with Crippen LogP contribution in [0.4, 0.5) is 0 Å². The highest BCUT2D eigenvalue weighted by Crippen LogP contribution is 2.18. The second-order valence-electron chi connectivity index (χ2n) is 2.96. The van der Waals surface area contributed by atoms with Crippen molar-refractivity contribution in [2.75, 3.05) is 0 Å². The van der Waals surface area contributed by atoms with Crippen molar-refractivity contribution in [2.45, 2.75) is 18.9 Å². The molecular formula is C9H10N2O. The molecule has 1 heterocycles. The van der Waals surface area contributed by atoms with E-state index in [1.54, 1.807) is 18.3 Å². The van der Waals surface area contributed by atoms with Gasteiger partial charge in [-0.2, -0.15) is 0 Å². The third-order valence-corrected chi connectivity index (χ3v) is 1.81. The monoisotopic (exact) mass is 162 g/mol. The van der Waals surface area contributed by atoms with Crippen molar-refractivity contribution in [3.8, 4) is 0 Å². The Labute approximate surface area is 70.8 Å². The summed E-state index contributed by atoms with van der Waals surface area (Å²) in [5, 5.41) is 2.87. The zero-order valence-corrected chi connectivity index (χ0v) is 6.66. The third kappa shape index (κ3) is 1.61. The Morgan fingerprint density at radius 1 is 1.50 bits per heavy atom. The summed E-state index contributed by atoms with van der Waals surface area (Å²) in [6, 6.07) is 5.74. The molecule has 1 aliphatic carbocycles. The lowest BCUT2D eigenvalue weighted by Crippen LogP contribution is -2.26. The molecule has 1 N–H and O–H groups in total. The molecular weight excluding hydrogens is 152 g/mol. The predicted octanol–water partition coefficient (Wildman–Crippen LogP) is 0.974. The predicted molar refractivity (Wildman–Crippen MR) is 44.7 cm³/mol. The van der Waals surface area contributed by atoms with Crippen LogP contribution in [-0.4, -0.2) is 16.9 Å². The lowest BCUT2D eigenvalue weighted by atomic mass is 10.3. The molecule has 1 saturated carbocycles. The van der Waals surface area contributed by atoms with Gasteiger partial charge >= 0.3 is 0 Å². The van der Waals surface area contributed by atoms with Gasteiger partial charge in [0.2, 0.25) is 0 Å². The van der Waals surface area contributed by atoms with E-state index >= 15 is 0 Å². The molecule has 0 unspecified atom stereocenters. The summed E-state index contributed by atoms with van der Waals surface area (Å²) in [4.78, 5) is 15.3. The highest BCUT2D eigenvalue weighted by atomic mass is 16.2. The smallest absolute Gasteiger partial charge is 0.270 e.